The number of aliphatic hydroxyl groups is 1. The molecule has 2 heterocycles. The van der Waals surface area contributed by atoms with Crippen LogP contribution in [-0.4, -0.2) is 25.8 Å². The van der Waals surface area contributed by atoms with Crippen LogP contribution in [0, 0.1) is 10.8 Å². The van der Waals surface area contributed by atoms with Crippen molar-refractivity contribution in [2.75, 3.05) is 0 Å². The summed E-state index contributed by atoms with van der Waals surface area (Å²) in [6, 6.07) is 3.94. The first-order chi connectivity index (χ1) is 16.2. The van der Waals surface area contributed by atoms with Crippen LogP contribution in [0.4, 0.5) is 0 Å². The third kappa shape index (κ3) is 6.21. The molecule has 3 nitrogen and oxygen atoms in total. The Hall–Kier alpha value is -2.16. The summed E-state index contributed by atoms with van der Waals surface area (Å²) in [4.78, 5) is 13.2. The standard InChI is InChI=1S/C32H42O3Se/c1-29(2,3)23-15-19(16-24(35-23)30(4,5)6)13-21-27(33)22(28(21)34)14-20-17-25(31(7,8)9)36-26(18-20)32(10,11)12/h13-18H,1-12H3/p+1. The molecular weight excluding hydrogens is 511 g/mol. The monoisotopic (exact) mass is 555 g/mol. The SMILES string of the molecule is CC(C)(C)C1=CC(=CC2=C(O)C(=Cc3cc(C(C)(C)C)[o+]c(C(C)(C)C)c3)C2=O)C=C(C(C)(C)C)[Se]1. The molecule has 2 aliphatic rings. The molecule has 0 radical (unpaired) electrons. The van der Waals surface area contributed by atoms with Crippen LogP contribution in [-0.2, 0) is 15.6 Å². The fourth-order valence-electron chi connectivity index (χ4n) is 3.73. The van der Waals surface area contributed by atoms with E-state index < -0.39 is 0 Å². The number of aliphatic hydroxyl groups excluding tert-OH is 1. The molecule has 1 N–H and O–H groups in total. The zero-order chi connectivity index (χ0) is 27.4. The van der Waals surface area contributed by atoms with E-state index >= 15 is 0 Å². The van der Waals surface area contributed by atoms with Gasteiger partial charge in [0.2, 0.25) is 0 Å². The van der Waals surface area contributed by atoms with Gasteiger partial charge in [-0.25, -0.2) is 0 Å². The van der Waals surface area contributed by atoms with Crippen molar-refractivity contribution >= 4 is 26.8 Å². The Balaban J connectivity index is 2.07. The molecule has 3 rings (SSSR count). The van der Waals surface area contributed by atoms with Gasteiger partial charge in [0.25, 0.3) is 0 Å². The van der Waals surface area contributed by atoms with E-state index in [0.717, 1.165) is 22.7 Å². The summed E-state index contributed by atoms with van der Waals surface area (Å²) in [5.41, 5.74) is 2.34. The van der Waals surface area contributed by atoms with Gasteiger partial charge in [-0.15, -0.1) is 0 Å². The molecule has 1 aromatic rings. The molecule has 0 saturated carbocycles. The van der Waals surface area contributed by atoms with Crippen molar-refractivity contribution in [3.8, 4) is 0 Å². The van der Waals surface area contributed by atoms with Crippen LogP contribution >= 0.6 is 0 Å². The first-order valence-electron chi connectivity index (χ1n) is 12.7. The van der Waals surface area contributed by atoms with Gasteiger partial charge in [0, 0.05) is 0 Å². The number of allylic oxidation sites excluding steroid dienone is 8. The molecule has 194 valence electrons. The Morgan fingerprint density at radius 3 is 1.53 bits per heavy atom. The Morgan fingerprint density at radius 1 is 0.722 bits per heavy atom. The zero-order valence-corrected chi connectivity index (χ0v) is 25.8. The van der Waals surface area contributed by atoms with Crippen molar-refractivity contribution in [3.05, 3.63) is 78.9 Å². The molecule has 0 atom stereocenters. The summed E-state index contributed by atoms with van der Waals surface area (Å²) >= 11 is 0.271. The van der Waals surface area contributed by atoms with E-state index in [1.54, 1.807) is 6.08 Å². The number of hydrogen-bond donors (Lipinski definition) is 1. The number of hydrogen-bond acceptors (Lipinski definition) is 2. The van der Waals surface area contributed by atoms with E-state index in [1.807, 2.05) is 18.2 Å². The summed E-state index contributed by atoms with van der Waals surface area (Å²) in [6.07, 6.45) is 8.04. The number of carbonyl (C=O) groups is 1. The van der Waals surface area contributed by atoms with Gasteiger partial charge in [0.05, 0.1) is 0 Å². The third-order valence-electron chi connectivity index (χ3n) is 6.21. The fraction of sp³-hybridized carbons (Fsp3) is 0.500. The molecule has 0 amide bonds. The fourth-order valence-corrected chi connectivity index (χ4v) is 6.33. The molecule has 0 bridgehead atoms. The van der Waals surface area contributed by atoms with Gasteiger partial charge in [0.15, 0.2) is 0 Å². The van der Waals surface area contributed by atoms with Gasteiger partial charge in [-0.3, -0.25) is 0 Å². The minimum atomic E-state index is -0.178. The molecule has 0 unspecified atom stereocenters. The quantitative estimate of drug-likeness (QED) is 0.227. The van der Waals surface area contributed by atoms with Crippen molar-refractivity contribution < 1.29 is 14.3 Å². The second kappa shape index (κ2) is 9.30. The van der Waals surface area contributed by atoms with Crippen LogP contribution in [0.25, 0.3) is 6.08 Å². The van der Waals surface area contributed by atoms with Gasteiger partial charge in [-0.05, 0) is 41.5 Å². The van der Waals surface area contributed by atoms with Crippen molar-refractivity contribution in [3.63, 3.8) is 0 Å². The van der Waals surface area contributed by atoms with E-state index in [1.165, 1.54) is 8.94 Å². The zero-order valence-electron chi connectivity index (χ0n) is 24.1. The molecule has 0 fully saturated rings. The second-order valence-electron chi connectivity index (χ2n) is 14.0. The van der Waals surface area contributed by atoms with Crippen molar-refractivity contribution in [1.82, 2.24) is 0 Å². The molecule has 0 spiro atoms. The van der Waals surface area contributed by atoms with Gasteiger partial charge in [-0.1, -0.05) is 0 Å². The summed E-state index contributed by atoms with van der Waals surface area (Å²) in [5, 5.41) is 10.9. The minimum absolute atomic E-state index is 0.0584. The summed E-state index contributed by atoms with van der Waals surface area (Å²) in [7, 11) is 0. The first-order valence-corrected chi connectivity index (χ1v) is 14.4. The maximum atomic E-state index is 13.2. The number of carbonyl (C=O) groups excluding carboxylic acids is 1. The molecule has 36 heavy (non-hydrogen) atoms. The van der Waals surface area contributed by atoms with Crippen molar-refractivity contribution in [1.29, 1.82) is 0 Å². The van der Waals surface area contributed by atoms with E-state index in [9.17, 15) is 9.90 Å². The average molecular weight is 555 g/mol. The molecule has 0 aromatic carbocycles. The molecule has 1 aromatic heterocycles. The van der Waals surface area contributed by atoms with Gasteiger partial charge < -0.3 is 0 Å². The Morgan fingerprint density at radius 2 is 1.17 bits per heavy atom. The van der Waals surface area contributed by atoms with Gasteiger partial charge >= 0.3 is 183 Å². The third-order valence-corrected chi connectivity index (χ3v) is 10.2. The van der Waals surface area contributed by atoms with Crippen LogP contribution in [0.3, 0.4) is 0 Å². The second-order valence-corrected chi connectivity index (χ2v) is 16.3. The number of ketones is 1. The van der Waals surface area contributed by atoms with Gasteiger partial charge in [0.1, 0.15) is 0 Å². The first kappa shape index (κ1) is 28.4. The number of Topliss-reactive ketones (excluding diaryl/α,β-unsaturated/α-hetero) is 1. The number of rotatable bonds is 2. The van der Waals surface area contributed by atoms with E-state index in [-0.39, 0.29) is 48.2 Å². The predicted molar refractivity (Wildman–Crippen MR) is 152 cm³/mol. The normalized spacial score (nSPS) is 18.8. The van der Waals surface area contributed by atoms with Crippen LogP contribution in [0.15, 0.2) is 66.2 Å². The summed E-state index contributed by atoms with van der Waals surface area (Å²) < 4.78 is 9.01. The Bertz CT molecular complexity index is 1170. The van der Waals surface area contributed by atoms with E-state index in [4.69, 9.17) is 4.42 Å². The molecule has 1 aliphatic heterocycles. The maximum absolute atomic E-state index is 13.2. The van der Waals surface area contributed by atoms with Crippen LogP contribution in [0.1, 0.15) is 100 Å². The van der Waals surface area contributed by atoms with Crippen molar-refractivity contribution in [2.24, 2.45) is 10.8 Å². The van der Waals surface area contributed by atoms with Crippen LogP contribution < -0.4 is 0 Å². The summed E-state index contributed by atoms with van der Waals surface area (Å²) in [6.45, 7) is 26.1. The Kier molecular flexibility index (Phi) is 7.34. The molecule has 1 aliphatic carbocycles. The van der Waals surface area contributed by atoms with Crippen molar-refractivity contribution in [2.45, 2.75) is 93.9 Å². The van der Waals surface area contributed by atoms with E-state index in [0.29, 0.717) is 11.1 Å². The van der Waals surface area contributed by atoms with Gasteiger partial charge in [-0.2, -0.15) is 0 Å². The van der Waals surface area contributed by atoms with Crippen LogP contribution in [0.5, 0.6) is 0 Å². The predicted octanol–water partition coefficient (Wildman–Crippen LogP) is 8.44. The Labute approximate surface area is 224 Å². The van der Waals surface area contributed by atoms with Crippen LogP contribution in [0.2, 0.25) is 0 Å². The summed E-state index contributed by atoms with van der Waals surface area (Å²) in [5.74, 6) is 1.64. The molecule has 4 heteroatoms. The topological polar surface area (TPSA) is 48.6 Å². The van der Waals surface area contributed by atoms with E-state index in [2.05, 4.69) is 95.2 Å². The molecular formula is C32H43O3Se+. The average Bonchev–Trinajstić information content (AvgIpc) is 2.72. The molecule has 0 saturated heterocycles.